The smallest absolute Gasteiger partial charge is 0.191 e. The van der Waals surface area contributed by atoms with Crippen LogP contribution >= 0.6 is 11.8 Å². The molecule has 8 heteroatoms. The molecule has 0 atom stereocenters. The van der Waals surface area contributed by atoms with Crippen molar-refractivity contribution in [2.45, 2.75) is 31.0 Å². The number of benzene rings is 1. The predicted octanol–water partition coefficient (Wildman–Crippen LogP) is 4.43. The van der Waals surface area contributed by atoms with E-state index >= 15 is 0 Å². The summed E-state index contributed by atoms with van der Waals surface area (Å²) in [5.74, 6) is 1.06. The number of imidazole rings is 1. The molecule has 4 aromatic rings. The van der Waals surface area contributed by atoms with Crippen molar-refractivity contribution in [1.82, 2.24) is 24.1 Å². The van der Waals surface area contributed by atoms with Gasteiger partial charge in [0, 0.05) is 24.7 Å². The van der Waals surface area contributed by atoms with Gasteiger partial charge in [-0.3, -0.25) is 4.57 Å². The molecule has 0 saturated heterocycles. The highest BCUT2D eigenvalue weighted by atomic mass is 32.2. The van der Waals surface area contributed by atoms with E-state index in [-0.39, 0.29) is 12.4 Å². The van der Waals surface area contributed by atoms with Crippen LogP contribution in [0.3, 0.4) is 0 Å². The van der Waals surface area contributed by atoms with Gasteiger partial charge in [0.15, 0.2) is 22.5 Å². The number of halogens is 1. The van der Waals surface area contributed by atoms with Crippen molar-refractivity contribution in [3.63, 3.8) is 0 Å². The van der Waals surface area contributed by atoms with Crippen molar-refractivity contribution in [2.24, 2.45) is 0 Å². The molecule has 0 N–H and O–H groups in total. The van der Waals surface area contributed by atoms with Crippen molar-refractivity contribution in [3.8, 4) is 5.75 Å². The standard InChI is InChI=1S/C21H20FN5OS/c1-3-10-27-19(13-28-18-9-5-4-8-17(18)22)24-25-21(27)29-14-16-12-26-11-6-7-15(2)20(26)23-16/h3-9,11-12H,1,10,13-14H2,2H3. The molecule has 0 fully saturated rings. The Morgan fingerprint density at radius 2 is 2.07 bits per heavy atom. The lowest BCUT2D eigenvalue weighted by molar-refractivity contribution is 0.275. The van der Waals surface area contributed by atoms with E-state index in [0.717, 1.165) is 22.1 Å². The van der Waals surface area contributed by atoms with Crippen LogP contribution in [0.4, 0.5) is 4.39 Å². The molecule has 0 spiro atoms. The van der Waals surface area contributed by atoms with Gasteiger partial charge in [-0.25, -0.2) is 9.37 Å². The molecular weight excluding hydrogens is 389 g/mol. The number of ether oxygens (including phenoxy) is 1. The van der Waals surface area contributed by atoms with Crippen molar-refractivity contribution >= 4 is 17.4 Å². The minimum Gasteiger partial charge on any atom is -0.483 e. The molecule has 0 aliphatic rings. The summed E-state index contributed by atoms with van der Waals surface area (Å²) in [5, 5.41) is 9.24. The summed E-state index contributed by atoms with van der Waals surface area (Å²) in [6, 6.07) is 10.3. The third-order valence-corrected chi connectivity index (χ3v) is 5.38. The first-order valence-electron chi connectivity index (χ1n) is 9.12. The van der Waals surface area contributed by atoms with Gasteiger partial charge < -0.3 is 9.14 Å². The third kappa shape index (κ3) is 4.17. The average molecular weight is 409 g/mol. The molecule has 0 amide bonds. The van der Waals surface area contributed by atoms with E-state index in [0.29, 0.717) is 18.1 Å². The Hall–Kier alpha value is -3.13. The number of hydrogen-bond acceptors (Lipinski definition) is 5. The summed E-state index contributed by atoms with van der Waals surface area (Å²) >= 11 is 1.54. The van der Waals surface area contributed by atoms with Gasteiger partial charge in [-0.2, -0.15) is 0 Å². The van der Waals surface area contributed by atoms with Crippen LogP contribution in [0, 0.1) is 12.7 Å². The van der Waals surface area contributed by atoms with Crippen LogP contribution in [0.25, 0.3) is 5.65 Å². The molecule has 6 nitrogen and oxygen atoms in total. The highest BCUT2D eigenvalue weighted by Crippen LogP contribution is 2.24. The fraction of sp³-hybridized carbons (Fsp3) is 0.190. The quantitative estimate of drug-likeness (QED) is 0.318. The van der Waals surface area contributed by atoms with E-state index in [1.165, 1.54) is 6.07 Å². The van der Waals surface area contributed by atoms with Gasteiger partial charge in [-0.1, -0.05) is 36.0 Å². The maximum atomic E-state index is 13.8. The summed E-state index contributed by atoms with van der Waals surface area (Å²) in [5.41, 5.74) is 3.04. The number of thioether (sulfide) groups is 1. The molecule has 0 unspecified atom stereocenters. The van der Waals surface area contributed by atoms with E-state index < -0.39 is 5.82 Å². The number of hydrogen-bond donors (Lipinski definition) is 0. The Labute approximate surface area is 172 Å². The van der Waals surface area contributed by atoms with Crippen LogP contribution in [0.2, 0.25) is 0 Å². The average Bonchev–Trinajstić information content (AvgIpc) is 3.31. The molecule has 3 aromatic heterocycles. The molecule has 4 rings (SSSR count). The summed E-state index contributed by atoms with van der Waals surface area (Å²) in [6.07, 6.45) is 5.78. The Bertz CT molecular complexity index is 1150. The zero-order valence-corrected chi connectivity index (χ0v) is 16.8. The fourth-order valence-corrected chi connectivity index (χ4v) is 3.81. The number of aromatic nitrogens is 5. The van der Waals surface area contributed by atoms with Gasteiger partial charge in [-0.05, 0) is 30.7 Å². The Kier molecular flexibility index (Phi) is 5.62. The van der Waals surface area contributed by atoms with E-state index in [9.17, 15) is 4.39 Å². The predicted molar refractivity (Wildman–Crippen MR) is 110 cm³/mol. The van der Waals surface area contributed by atoms with Crippen LogP contribution in [-0.4, -0.2) is 24.1 Å². The number of rotatable bonds is 8. The molecule has 0 bridgehead atoms. The molecule has 3 heterocycles. The number of nitrogens with zero attached hydrogens (tertiary/aromatic N) is 5. The second-order valence-corrected chi connectivity index (χ2v) is 7.40. The second kappa shape index (κ2) is 8.48. The summed E-state index contributed by atoms with van der Waals surface area (Å²) in [6.45, 7) is 6.51. The molecule has 0 radical (unpaired) electrons. The Balaban J connectivity index is 1.49. The number of allylic oxidation sites excluding steroid dienone is 1. The largest absolute Gasteiger partial charge is 0.483 e. The van der Waals surface area contributed by atoms with Gasteiger partial charge in [0.05, 0.1) is 5.69 Å². The van der Waals surface area contributed by atoms with Gasteiger partial charge >= 0.3 is 0 Å². The molecule has 0 aliphatic heterocycles. The summed E-state index contributed by atoms with van der Waals surface area (Å²) < 4.78 is 23.3. The van der Waals surface area contributed by atoms with Crippen LogP contribution in [0.15, 0.2) is 66.6 Å². The molecule has 0 saturated carbocycles. The number of fused-ring (bicyclic) bond motifs is 1. The Morgan fingerprint density at radius 3 is 2.86 bits per heavy atom. The summed E-state index contributed by atoms with van der Waals surface area (Å²) in [4.78, 5) is 4.69. The Morgan fingerprint density at radius 1 is 1.21 bits per heavy atom. The van der Waals surface area contributed by atoms with E-state index in [1.54, 1.807) is 36.0 Å². The van der Waals surface area contributed by atoms with Gasteiger partial charge in [0.2, 0.25) is 0 Å². The zero-order valence-electron chi connectivity index (χ0n) is 16.0. The van der Waals surface area contributed by atoms with E-state index in [4.69, 9.17) is 9.72 Å². The summed E-state index contributed by atoms with van der Waals surface area (Å²) in [7, 11) is 0. The second-order valence-electron chi connectivity index (χ2n) is 6.46. The van der Waals surface area contributed by atoms with Gasteiger partial charge in [0.1, 0.15) is 12.3 Å². The fourth-order valence-electron chi connectivity index (χ4n) is 2.96. The van der Waals surface area contributed by atoms with Crippen molar-refractivity contribution in [1.29, 1.82) is 0 Å². The topological polar surface area (TPSA) is 57.2 Å². The zero-order chi connectivity index (χ0) is 20.2. The van der Waals surface area contributed by atoms with Gasteiger partial charge in [0.25, 0.3) is 0 Å². The number of para-hydroxylation sites is 1. The lowest BCUT2D eigenvalue weighted by Crippen LogP contribution is -2.08. The number of pyridine rings is 1. The van der Waals surface area contributed by atoms with E-state index in [1.807, 2.05) is 40.4 Å². The lowest BCUT2D eigenvalue weighted by Gasteiger charge is -2.09. The molecule has 29 heavy (non-hydrogen) atoms. The first kappa shape index (κ1) is 19.2. The molecule has 0 aliphatic carbocycles. The highest BCUT2D eigenvalue weighted by Gasteiger charge is 2.14. The molecular formula is C21H20FN5OS. The minimum absolute atomic E-state index is 0.121. The van der Waals surface area contributed by atoms with Crippen LogP contribution in [0.5, 0.6) is 5.75 Å². The minimum atomic E-state index is -0.404. The van der Waals surface area contributed by atoms with E-state index in [2.05, 4.69) is 16.8 Å². The maximum absolute atomic E-state index is 13.8. The third-order valence-electron chi connectivity index (χ3n) is 4.38. The first-order chi connectivity index (χ1) is 14.2. The van der Waals surface area contributed by atoms with Crippen molar-refractivity contribution in [2.75, 3.05) is 0 Å². The monoisotopic (exact) mass is 409 g/mol. The molecule has 148 valence electrons. The van der Waals surface area contributed by atoms with Crippen molar-refractivity contribution < 1.29 is 9.13 Å². The first-order valence-corrected chi connectivity index (χ1v) is 10.1. The van der Waals surface area contributed by atoms with Crippen LogP contribution in [0.1, 0.15) is 17.1 Å². The maximum Gasteiger partial charge on any atom is 0.191 e. The highest BCUT2D eigenvalue weighted by molar-refractivity contribution is 7.98. The van der Waals surface area contributed by atoms with Crippen molar-refractivity contribution in [3.05, 3.63) is 84.3 Å². The number of aryl methyl sites for hydroxylation is 1. The normalized spacial score (nSPS) is 11.1. The lowest BCUT2D eigenvalue weighted by atomic mass is 10.3. The molecule has 1 aromatic carbocycles. The van der Waals surface area contributed by atoms with Gasteiger partial charge in [-0.15, -0.1) is 16.8 Å². The van der Waals surface area contributed by atoms with Crippen LogP contribution < -0.4 is 4.74 Å². The van der Waals surface area contributed by atoms with Crippen LogP contribution in [-0.2, 0) is 18.9 Å². The SMILES string of the molecule is C=CCn1c(COc2ccccc2F)nnc1SCc1cn2cccc(C)c2n1.